The van der Waals surface area contributed by atoms with Crippen molar-refractivity contribution in [3.8, 4) is 0 Å². The molecule has 0 radical (unpaired) electrons. The molecule has 0 bridgehead atoms. The van der Waals surface area contributed by atoms with Crippen LogP contribution in [0, 0.1) is 0 Å². The van der Waals surface area contributed by atoms with E-state index in [0.29, 0.717) is 0 Å². The molecule has 0 aliphatic rings. The fourth-order valence-electron chi connectivity index (χ4n) is 2.44. The Morgan fingerprint density at radius 3 is 2.43 bits per heavy atom. The van der Waals surface area contributed by atoms with Gasteiger partial charge in [-0.3, -0.25) is 4.79 Å². The van der Waals surface area contributed by atoms with Gasteiger partial charge in [-0.15, -0.1) is 0 Å². The van der Waals surface area contributed by atoms with Crippen molar-refractivity contribution in [2.45, 2.75) is 64.7 Å². The maximum atomic E-state index is 11.3. The van der Waals surface area contributed by atoms with Gasteiger partial charge in [0.15, 0.2) is 0 Å². The lowest BCUT2D eigenvalue weighted by atomic mass is 10.0. The molecule has 0 heterocycles. The molecule has 1 aromatic carbocycles. The molecule has 2 nitrogen and oxygen atoms in total. The summed E-state index contributed by atoms with van der Waals surface area (Å²) in [5, 5.41) is 0. The molecule has 2 heteroatoms. The molecule has 0 unspecified atom stereocenters. The zero-order valence-corrected chi connectivity index (χ0v) is 13.3. The quantitative estimate of drug-likeness (QED) is 0.462. The fraction of sp³-hybridized carbons (Fsp3) is 0.526. The summed E-state index contributed by atoms with van der Waals surface area (Å²) in [6, 6.07) is 10.6. The van der Waals surface area contributed by atoms with E-state index >= 15 is 0 Å². The number of rotatable bonds is 11. The first-order chi connectivity index (χ1) is 10.2. The highest BCUT2D eigenvalue weighted by atomic mass is 16.1. The molecule has 0 saturated heterocycles. The van der Waals surface area contributed by atoms with E-state index in [0.717, 1.165) is 37.7 Å². The van der Waals surface area contributed by atoms with Crippen LogP contribution in [0.3, 0.4) is 0 Å². The fourth-order valence-corrected chi connectivity index (χ4v) is 2.44. The van der Waals surface area contributed by atoms with Gasteiger partial charge in [0.2, 0.25) is 5.91 Å². The molecule has 0 aliphatic carbocycles. The average molecular weight is 287 g/mol. The number of benzene rings is 1. The second-order valence-electron chi connectivity index (χ2n) is 5.64. The molecule has 2 N–H and O–H groups in total. The van der Waals surface area contributed by atoms with Crippen LogP contribution in [0.1, 0.15) is 63.9 Å². The molecule has 0 aromatic heterocycles. The van der Waals surface area contributed by atoms with Gasteiger partial charge >= 0.3 is 0 Å². The molecular weight excluding hydrogens is 258 g/mol. The summed E-state index contributed by atoms with van der Waals surface area (Å²) in [6.45, 7) is 2.13. The van der Waals surface area contributed by atoms with Gasteiger partial charge in [-0.1, -0.05) is 62.6 Å². The topological polar surface area (TPSA) is 43.1 Å². The Kier molecular flexibility index (Phi) is 9.26. The molecule has 1 amide bonds. The van der Waals surface area contributed by atoms with Crippen molar-refractivity contribution in [1.82, 2.24) is 0 Å². The molecule has 0 saturated carbocycles. The number of aryl methyl sites for hydroxylation is 1. The van der Waals surface area contributed by atoms with Gasteiger partial charge in [-0.25, -0.2) is 0 Å². The van der Waals surface area contributed by atoms with Gasteiger partial charge in [0.25, 0.3) is 0 Å². The van der Waals surface area contributed by atoms with Crippen molar-refractivity contribution >= 4 is 5.91 Å². The molecule has 1 aromatic rings. The highest BCUT2D eigenvalue weighted by Crippen LogP contribution is 2.12. The monoisotopic (exact) mass is 287 g/mol. The van der Waals surface area contributed by atoms with Gasteiger partial charge in [-0.2, -0.15) is 0 Å². The number of allylic oxidation sites excluding steroid dienone is 1. The van der Waals surface area contributed by atoms with Crippen molar-refractivity contribution in [2.24, 2.45) is 5.73 Å². The lowest BCUT2D eigenvalue weighted by Crippen LogP contribution is -2.13. The molecule has 1 rings (SSSR count). The molecule has 0 spiro atoms. The summed E-state index contributed by atoms with van der Waals surface area (Å²) in [5.74, 6) is -0.243. The first-order valence-electron chi connectivity index (χ1n) is 8.26. The third-order valence-electron chi connectivity index (χ3n) is 3.77. The predicted octanol–water partition coefficient (Wildman–Crippen LogP) is 4.78. The van der Waals surface area contributed by atoms with Crippen molar-refractivity contribution in [3.05, 3.63) is 47.5 Å². The minimum atomic E-state index is -0.243. The second kappa shape index (κ2) is 11.1. The smallest absolute Gasteiger partial charge is 0.244 e. The van der Waals surface area contributed by atoms with E-state index in [9.17, 15) is 4.79 Å². The predicted molar refractivity (Wildman–Crippen MR) is 90.0 cm³/mol. The number of primary amides is 1. The minimum absolute atomic E-state index is 0.243. The maximum absolute atomic E-state index is 11.3. The highest BCUT2D eigenvalue weighted by molar-refractivity contribution is 5.91. The number of hydrogen-bond donors (Lipinski definition) is 1. The van der Waals surface area contributed by atoms with Crippen LogP contribution in [0.5, 0.6) is 0 Å². The molecule has 21 heavy (non-hydrogen) atoms. The van der Waals surface area contributed by atoms with Gasteiger partial charge in [0.05, 0.1) is 0 Å². The SMILES string of the molecule is CCCCC(=CCCCCCCc1ccccc1)C(N)=O. The summed E-state index contributed by atoms with van der Waals surface area (Å²) in [5.41, 5.74) is 7.64. The summed E-state index contributed by atoms with van der Waals surface area (Å²) >= 11 is 0. The van der Waals surface area contributed by atoms with Crippen LogP contribution in [-0.4, -0.2) is 5.91 Å². The van der Waals surface area contributed by atoms with Crippen molar-refractivity contribution < 1.29 is 4.79 Å². The first kappa shape index (κ1) is 17.5. The van der Waals surface area contributed by atoms with Gasteiger partial charge in [0.1, 0.15) is 0 Å². The molecule has 116 valence electrons. The van der Waals surface area contributed by atoms with Crippen LogP contribution in [0.4, 0.5) is 0 Å². The highest BCUT2D eigenvalue weighted by Gasteiger charge is 2.03. The van der Waals surface area contributed by atoms with Crippen molar-refractivity contribution in [1.29, 1.82) is 0 Å². The van der Waals surface area contributed by atoms with Gasteiger partial charge < -0.3 is 5.73 Å². The van der Waals surface area contributed by atoms with Crippen molar-refractivity contribution in [3.63, 3.8) is 0 Å². The largest absolute Gasteiger partial charge is 0.366 e. The third kappa shape index (κ3) is 8.34. The van der Waals surface area contributed by atoms with Gasteiger partial charge in [0, 0.05) is 5.57 Å². The molecule has 0 aliphatic heterocycles. The van der Waals surface area contributed by atoms with Crippen LogP contribution in [0.15, 0.2) is 42.0 Å². The van der Waals surface area contributed by atoms with Crippen LogP contribution < -0.4 is 5.73 Å². The Bertz CT molecular complexity index is 422. The van der Waals surface area contributed by atoms with Crippen LogP contribution in [0.25, 0.3) is 0 Å². The minimum Gasteiger partial charge on any atom is -0.366 e. The zero-order chi connectivity index (χ0) is 15.3. The zero-order valence-electron chi connectivity index (χ0n) is 13.3. The Morgan fingerprint density at radius 1 is 1.05 bits per heavy atom. The number of carbonyl (C=O) groups is 1. The Hall–Kier alpha value is -1.57. The van der Waals surface area contributed by atoms with Crippen LogP contribution in [0.2, 0.25) is 0 Å². The summed E-state index contributed by atoms with van der Waals surface area (Å²) in [7, 11) is 0. The second-order valence-corrected chi connectivity index (χ2v) is 5.64. The summed E-state index contributed by atoms with van der Waals surface area (Å²) < 4.78 is 0. The van der Waals surface area contributed by atoms with Crippen LogP contribution in [-0.2, 0) is 11.2 Å². The lowest BCUT2D eigenvalue weighted by Gasteiger charge is -2.03. The van der Waals surface area contributed by atoms with E-state index in [4.69, 9.17) is 5.73 Å². The van der Waals surface area contributed by atoms with E-state index in [1.165, 1.54) is 31.2 Å². The molecule has 0 fully saturated rings. The van der Waals surface area contributed by atoms with Crippen molar-refractivity contribution in [2.75, 3.05) is 0 Å². The number of amides is 1. The average Bonchev–Trinajstić information content (AvgIpc) is 2.50. The number of carbonyl (C=O) groups excluding carboxylic acids is 1. The maximum Gasteiger partial charge on any atom is 0.244 e. The lowest BCUT2D eigenvalue weighted by molar-refractivity contribution is -0.114. The normalized spacial score (nSPS) is 11.6. The van der Waals surface area contributed by atoms with E-state index in [2.05, 4.69) is 43.3 Å². The summed E-state index contributed by atoms with van der Waals surface area (Å²) in [6.07, 6.45) is 12.1. The molecular formula is C19H29NO. The Morgan fingerprint density at radius 2 is 1.76 bits per heavy atom. The Balaban J connectivity index is 2.11. The number of nitrogens with two attached hydrogens (primary N) is 1. The third-order valence-corrected chi connectivity index (χ3v) is 3.77. The standard InChI is InChI=1S/C19H29NO/c1-2-3-15-18(19(20)21)16-11-6-4-5-8-12-17-13-9-7-10-14-17/h7,9-10,13-14,16H,2-6,8,11-12,15H2,1H3,(H2,20,21). The summed E-state index contributed by atoms with van der Waals surface area (Å²) in [4.78, 5) is 11.3. The first-order valence-corrected chi connectivity index (χ1v) is 8.26. The van der Waals surface area contributed by atoms with E-state index in [1.807, 2.05) is 0 Å². The Labute approximate surface area is 129 Å². The number of hydrogen-bond acceptors (Lipinski definition) is 1. The van der Waals surface area contributed by atoms with E-state index in [-0.39, 0.29) is 5.91 Å². The van der Waals surface area contributed by atoms with E-state index in [1.54, 1.807) is 0 Å². The van der Waals surface area contributed by atoms with Crippen LogP contribution >= 0.6 is 0 Å². The molecule has 0 atom stereocenters. The van der Waals surface area contributed by atoms with E-state index < -0.39 is 0 Å². The number of unbranched alkanes of at least 4 members (excludes halogenated alkanes) is 5. The van der Waals surface area contributed by atoms with Gasteiger partial charge in [-0.05, 0) is 44.1 Å².